The predicted octanol–water partition coefficient (Wildman–Crippen LogP) is 0.752. The van der Waals surface area contributed by atoms with Crippen LogP contribution in [0.2, 0.25) is 0 Å². The lowest BCUT2D eigenvalue weighted by Gasteiger charge is -1.88. The molecule has 4 nitrogen and oxygen atoms in total. The minimum absolute atomic E-state index is 0.301. The van der Waals surface area contributed by atoms with E-state index in [0.717, 1.165) is 5.69 Å². The second-order valence-corrected chi connectivity index (χ2v) is 1.72. The van der Waals surface area contributed by atoms with Crippen LogP contribution in [0, 0.1) is 6.92 Å². The van der Waals surface area contributed by atoms with Gasteiger partial charge in [-0.15, -0.1) is 4.99 Å². The summed E-state index contributed by atoms with van der Waals surface area (Å²) >= 11 is 0. The second kappa shape index (κ2) is 2.85. The number of hydrogen-bond acceptors (Lipinski definition) is 4. The highest BCUT2D eigenvalue weighted by atomic mass is 16.1. The molecule has 0 aliphatic carbocycles. The highest BCUT2D eigenvalue weighted by Gasteiger charge is 1.89. The minimum atomic E-state index is 0.301. The van der Waals surface area contributed by atoms with E-state index < -0.39 is 0 Å². The molecule has 1 aromatic rings. The van der Waals surface area contributed by atoms with Crippen molar-refractivity contribution in [3.05, 3.63) is 18.1 Å². The maximum atomic E-state index is 9.73. The first-order valence-electron chi connectivity index (χ1n) is 2.69. The minimum Gasteiger partial charge on any atom is -0.259 e. The Morgan fingerprint density at radius 1 is 1.60 bits per heavy atom. The average Bonchev–Trinajstić information content (AvgIpc) is 1.88. The predicted molar refractivity (Wildman–Crippen MR) is 34.6 cm³/mol. The first-order valence-corrected chi connectivity index (χ1v) is 2.69. The van der Waals surface area contributed by atoms with Crippen molar-refractivity contribution >= 4 is 11.9 Å². The molecule has 50 valence electrons. The van der Waals surface area contributed by atoms with Crippen molar-refractivity contribution < 1.29 is 4.79 Å². The topological polar surface area (TPSA) is 55.2 Å². The van der Waals surface area contributed by atoms with Crippen LogP contribution >= 0.6 is 0 Å². The number of aromatic nitrogens is 2. The van der Waals surface area contributed by atoms with Gasteiger partial charge in [0.25, 0.3) is 0 Å². The summed E-state index contributed by atoms with van der Waals surface area (Å²) in [5, 5.41) is 0. The van der Waals surface area contributed by atoms with Crippen molar-refractivity contribution in [3.8, 4) is 0 Å². The Morgan fingerprint density at radius 3 is 3.00 bits per heavy atom. The van der Waals surface area contributed by atoms with Gasteiger partial charge in [0.1, 0.15) is 0 Å². The van der Waals surface area contributed by atoms with Crippen LogP contribution < -0.4 is 0 Å². The van der Waals surface area contributed by atoms with E-state index in [1.165, 1.54) is 12.3 Å². The molecule has 1 rings (SSSR count). The molecule has 0 N–H and O–H groups in total. The SMILES string of the molecule is Cc1cncc(N=C=O)n1. The molecule has 0 aliphatic rings. The van der Waals surface area contributed by atoms with Gasteiger partial charge in [0, 0.05) is 6.20 Å². The maximum Gasteiger partial charge on any atom is 0.242 e. The number of nitrogens with zero attached hydrogens (tertiary/aromatic N) is 3. The molecule has 0 bridgehead atoms. The zero-order valence-electron chi connectivity index (χ0n) is 5.40. The van der Waals surface area contributed by atoms with Crippen molar-refractivity contribution in [1.29, 1.82) is 0 Å². The molecule has 0 radical (unpaired) electrons. The first-order chi connectivity index (χ1) is 4.83. The third kappa shape index (κ3) is 1.47. The number of isocyanates is 1. The Bertz CT molecular complexity index is 278. The van der Waals surface area contributed by atoms with Crippen molar-refractivity contribution in [2.75, 3.05) is 0 Å². The summed E-state index contributed by atoms with van der Waals surface area (Å²) in [6, 6.07) is 0. The van der Waals surface area contributed by atoms with Gasteiger partial charge in [0.2, 0.25) is 6.08 Å². The lowest BCUT2D eigenvalue weighted by molar-refractivity contribution is 0.565. The number of aliphatic imine (C=N–C) groups is 1. The molecular formula is C6H5N3O. The number of carbonyl (C=O) groups excluding carboxylic acids is 1. The van der Waals surface area contributed by atoms with Gasteiger partial charge in [-0.05, 0) is 6.92 Å². The van der Waals surface area contributed by atoms with Gasteiger partial charge in [-0.1, -0.05) is 0 Å². The van der Waals surface area contributed by atoms with Gasteiger partial charge in [-0.3, -0.25) is 4.98 Å². The largest absolute Gasteiger partial charge is 0.259 e. The summed E-state index contributed by atoms with van der Waals surface area (Å²) in [6.07, 6.45) is 4.37. The summed E-state index contributed by atoms with van der Waals surface area (Å²) in [7, 11) is 0. The number of aryl methyl sites for hydroxylation is 1. The summed E-state index contributed by atoms with van der Waals surface area (Å²) in [6.45, 7) is 1.77. The molecule has 0 spiro atoms. The van der Waals surface area contributed by atoms with Gasteiger partial charge >= 0.3 is 0 Å². The fourth-order valence-corrected chi connectivity index (χ4v) is 0.551. The third-order valence-electron chi connectivity index (χ3n) is 0.902. The molecule has 1 heterocycles. The molecule has 0 fully saturated rings. The quantitative estimate of drug-likeness (QED) is 0.421. The molecule has 0 saturated heterocycles. The molecule has 10 heavy (non-hydrogen) atoms. The summed E-state index contributed by atoms with van der Waals surface area (Å²) in [5.74, 6) is 0.301. The molecule has 0 amide bonds. The van der Waals surface area contributed by atoms with Crippen molar-refractivity contribution in [2.24, 2.45) is 4.99 Å². The Balaban J connectivity index is 3.06. The highest BCUT2D eigenvalue weighted by Crippen LogP contribution is 2.02. The smallest absolute Gasteiger partial charge is 0.242 e. The molecule has 0 aromatic carbocycles. The molecule has 0 aliphatic heterocycles. The molecule has 1 aromatic heterocycles. The van der Waals surface area contributed by atoms with Crippen LogP contribution in [0.25, 0.3) is 0 Å². The normalized spacial score (nSPS) is 8.50. The van der Waals surface area contributed by atoms with E-state index in [1.807, 2.05) is 0 Å². The molecule has 0 atom stereocenters. The van der Waals surface area contributed by atoms with Crippen LogP contribution in [0.4, 0.5) is 5.82 Å². The van der Waals surface area contributed by atoms with Crippen LogP contribution in [0.15, 0.2) is 17.4 Å². The Morgan fingerprint density at radius 2 is 2.40 bits per heavy atom. The van der Waals surface area contributed by atoms with Gasteiger partial charge in [0.05, 0.1) is 11.9 Å². The van der Waals surface area contributed by atoms with Gasteiger partial charge in [-0.2, -0.15) is 0 Å². The molecule has 0 saturated carbocycles. The zero-order chi connectivity index (χ0) is 7.40. The molecule has 0 unspecified atom stereocenters. The lowest BCUT2D eigenvalue weighted by Crippen LogP contribution is -1.81. The zero-order valence-corrected chi connectivity index (χ0v) is 5.40. The van der Waals surface area contributed by atoms with E-state index in [1.54, 1.807) is 13.1 Å². The second-order valence-electron chi connectivity index (χ2n) is 1.72. The summed E-state index contributed by atoms with van der Waals surface area (Å²) < 4.78 is 0. The fourth-order valence-electron chi connectivity index (χ4n) is 0.551. The lowest BCUT2D eigenvalue weighted by atomic mass is 10.5. The van der Waals surface area contributed by atoms with Crippen molar-refractivity contribution in [3.63, 3.8) is 0 Å². The van der Waals surface area contributed by atoms with Crippen LogP contribution in [0.5, 0.6) is 0 Å². The van der Waals surface area contributed by atoms with Crippen LogP contribution in [-0.2, 0) is 4.79 Å². The highest BCUT2D eigenvalue weighted by molar-refractivity contribution is 5.43. The van der Waals surface area contributed by atoms with Gasteiger partial charge < -0.3 is 0 Å². The number of hydrogen-bond donors (Lipinski definition) is 0. The summed E-state index contributed by atoms with van der Waals surface area (Å²) in [5.41, 5.74) is 0.733. The van der Waals surface area contributed by atoms with Crippen LogP contribution in [0.1, 0.15) is 5.69 Å². The molecule has 4 heteroatoms. The standard InChI is InChI=1S/C6H5N3O/c1-5-2-7-3-6(9-5)8-4-10/h2-3H,1H3. The Labute approximate surface area is 57.7 Å². The van der Waals surface area contributed by atoms with Crippen molar-refractivity contribution in [2.45, 2.75) is 6.92 Å². The van der Waals surface area contributed by atoms with E-state index in [0.29, 0.717) is 5.82 Å². The van der Waals surface area contributed by atoms with E-state index in [2.05, 4.69) is 15.0 Å². The number of rotatable bonds is 1. The van der Waals surface area contributed by atoms with Crippen LogP contribution in [-0.4, -0.2) is 16.0 Å². The summed E-state index contributed by atoms with van der Waals surface area (Å²) in [4.78, 5) is 20.7. The Kier molecular flexibility index (Phi) is 1.87. The van der Waals surface area contributed by atoms with E-state index in [4.69, 9.17) is 0 Å². The fraction of sp³-hybridized carbons (Fsp3) is 0.167. The van der Waals surface area contributed by atoms with E-state index in [-0.39, 0.29) is 0 Å². The van der Waals surface area contributed by atoms with E-state index in [9.17, 15) is 4.79 Å². The maximum absolute atomic E-state index is 9.73. The third-order valence-corrected chi connectivity index (χ3v) is 0.902. The first kappa shape index (κ1) is 6.58. The Hall–Kier alpha value is -1.54. The van der Waals surface area contributed by atoms with Crippen LogP contribution in [0.3, 0.4) is 0 Å². The van der Waals surface area contributed by atoms with Gasteiger partial charge in [-0.25, -0.2) is 9.78 Å². The van der Waals surface area contributed by atoms with E-state index >= 15 is 0 Å². The monoisotopic (exact) mass is 135 g/mol. The van der Waals surface area contributed by atoms with Crippen molar-refractivity contribution in [1.82, 2.24) is 9.97 Å². The molecular weight excluding hydrogens is 130 g/mol. The average molecular weight is 135 g/mol. The van der Waals surface area contributed by atoms with Gasteiger partial charge in [0.15, 0.2) is 5.82 Å².